The Hall–Kier alpha value is -1.83. The van der Waals surface area contributed by atoms with Gasteiger partial charge in [0.1, 0.15) is 0 Å². The van der Waals surface area contributed by atoms with Crippen LogP contribution in [-0.2, 0) is 9.90 Å². The van der Waals surface area contributed by atoms with Crippen molar-refractivity contribution >= 4 is 12.0 Å². The Kier molecular flexibility index (Phi) is 3.51. The van der Waals surface area contributed by atoms with Crippen LogP contribution >= 0.6 is 0 Å². The van der Waals surface area contributed by atoms with Gasteiger partial charge in [0.15, 0.2) is 0 Å². The number of hydrogen-bond donors (Lipinski definition) is 0. The lowest BCUT2D eigenvalue weighted by Crippen LogP contribution is -1.81. The molecule has 0 fully saturated rings. The molecule has 0 amide bonds. The van der Waals surface area contributed by atoms with Crippen molar-refractivity contribution in [2.24, 2.45) is 0 Å². The highest BCUT2D eigenvalue weighted by atomic mass is 16.4. The average Bonchev–Trinajstić information content (AvgIpc) is 2.14. The molecule has 65 valence electrons. The summed E-state index contributed by atoms with van der Waals surface area (Å²) in [6, 6.07) is 9.63. The third-order valence-electron chi connectivity index (χ3n) is 1.43. The molecular formula is C11H9O2. The highest BCUT2D eigenvalue weighted by Gasteiger charge is 1.85. The van der Waals surface area contributed by atoms with Gasteiger partial charge in [-0.15, -0.1) is 0 Å². The van der Waals surface area contributed by atoms with E-state index in [2.05, 4.69) is 0 Å². The van der Waals surface area contributed by atoms with E-state index in [1.807, 2.05) is 36.4 Å². The summed E-state index contributed by atoms with van der Waals surface area (Å²) in [5, 5.41) is 9.98. The van der Waals surface area contributed by atoms with Crippen molar-refractivity contribution in [3.8, 4) is 0 Å². The van der Waals surface area contributed by atoms with Crippen LogP contribution in [0.15, 0.2) is 48.6 Å². The Morgan fingerprint density at radius 1 is 1.08 bits per heavy atom. The van der Waals surface area contributed by atoms with Crippen LogP contribution in [0.1, 0.15) is 5.56 Å². The second-order valence-electron chi connectivity index (χ2n) is 2.45. The molecule has 0 aromatic heterocycles. The zero-order valence-electron chi connectivity index (χ0n) is 7.01. The van der Waals surface area contributed by atoms with E-state index in [1.165, 1.54) is 6.08 Å². The van der Waals surface area contributed by atoms with Gasteiger partial charge in [-0.1, -0.05) is 48.6 Å². The summed E-state index contributed by atoms with van der Waals surface area (Å²) in [7, 11) is 0. The van der Waals surface area contributed by atoms with Gasteiger partial charge in [-0.3, -0.25) is 0 Å². The lowest BCUT2D eigenvalue weighted by molar-refractivity contribution is -0.137. The first kappa shape index (κ1) is 9.26. The summed E-state index contributed by atoms with van der Waals surface area (Å²) in [5.74, 6) is -1.18. The summed E-state index contributed by atoms with van der Waals surface area (Å²) in [5.41, 5.74) is 1.03. The molecule has 0 bridgehead atoms. The van der Waals surface area contributed by atoms with Crippen LogP contribution in [0.25, 0.3) is 6.08 Å². The Morgan fingerprint density at radius 3 is 2.38 bits per heavy atom. The number of carbonyl (C=O) groups is 1. The summed E-state index contributed by atoms with van der Waals surface area (Å²) in [4.78, 5) is 9.98. The molecule has 0 N–H and O–H groups in total. The minimum absolute atomic E-state index is 0.986. The fourth-order valence-corrected chi connectivity index (χ4v) is 0.865. The maximum atomic E-state index is 9.98. The molecule has 1 radical (unpaired) electrons. The number of rotatable bonds is 3. The quantitative estimate of drug-likeness (QED) is 0.510. The minimum atomic E-state index is -1.18. The topological polar surface area (TPSA) is 37.0 Å². The minimum Gasteiger partial charge on any atom is -0.242 e. The maximum absolute atomic E-state index is 9.98. The van der Waals surface area contributed by atoms with Crippen molar-refractivity contribution in [1.82, 2.24) is 0 Å². The van der Waals surface area contributed by atoms with E-state index in [1.54, 1.807) is 6.08 Å². The Balaban J connectivity index is 2.55. The molecule has 0 atom stereocenters. The van der Waals surface area contributed by atoms with Gasteiger partial charge in [0.2, 0.25) is 0 Å². The molecule has 1 rings (SSSR count). The van der Waals surface area contributed by atoms with Gasteiger partial charge in [-0.05, 0) is 5.56 Å². The molecule has 0 spiro atoms. The highest BCUT2D eigenvalue weighted by molar-refractivity contribution is 5.79. The number of carbonyl (C=O) groups excluding carboxylic acids is 1. The molecule has 0 aliphatic heterocycles. The molecule has 0 saturated heterocycles. The van der Waals surface area contributed by atoms with Crippen LogP contribution in [0, 0.1) is 0 Å². The second-order valence-corrected chi connectivity index (χ2v) is 2.45. The summed E-state index contributed by atoms with van der Waals surface area (Å²) >= 11 is 0. The van der Waals surface area contributed by atoms with E-state index >= 15 is 0 Å². The summed E-state index contributed by atoms with van der Waals surface area (Å²) in [6.07, 6.45) is 5.90. The predicted molar refractivity (Wildman–Crippen MR) is 50.3 cm³/mol. The van der Waals surface area contributed by atoms with Crippen LogP contribution < -0.4 is 0 Å². The van der Waals surface area contributed by atoms with Gasteiger partial charge in [0.05, 0.1) is 0 Å². The van der Waals surface area contributed by atoms with E-state index in [4.69, 9.17) is 0 Å². The molecule has 0 unspecified atom stereocenters. The van der Waals surface area contributed by atoms with E-state index in [-0.39, 0.29) is 0 Å². The van der Waals surface area contributed by atoms with Crippen LogP contribution in [0.2, 0.25) is 0 Å². The zero-order valence-corrected chi connectivity index (χ0v) is 7.01. The molecule has 0 saturated carbocycles. The predicted octanol–water partition coefficient (Wildman–Crippen LogP) is 2.21. The largest absolute Gasteiger partial charge is 0.379 e. The first-order chi connectivity index (χ1) is 6.29. The lowest BCUT2D eigenvalue weighted by atomic mass is 10.2. The molecule has 0 heterocycles. The van der Waals surface area contributed by atoms with Crippen molar-refractivity contribution in [1.29, 1.82) is 0 Å². The van der Waals surface area contributed by atoms with E-state index in [9.17, 15) is 9.90 Å². The molecule has 2 nitrogen and oxygen atoms in total. The monoisotopic (exact) mass is 173 g/mol. The van der Waals surface area contributed by atoms with E-state index in [0.29, 0.717) is 0 Å². The smallest absolute Gasteiger partial charge is 0.242 e. The third-order valence-corrected chi connectivity index (χ3v) is 1.43. The van der Waals surface area contributed by atoms with E-state index in [0.717, 1.165) is 11.6 Å². The molecule has 0 aliphatic rings. The highest BCUT2D eigenvalue weighted by Crippen LogP contribution is 2.00. The van der Waals surface area contributed by atoms with Gasteiger partial charge in [0.25, 0.3) is 0 Å². The molecule has 1 aromatic carbocycles. The van der Waals surface area contributed by atoms with Crippen molar-refractivity contribution in [3.05, 3.63) is 54.1 Å². The third kappa shape index (κ3) is 3.91. The van der Waals surface area contributed by atoms with Crippen LogP contribution in [-0.4, -0.2) is 5.97 Å². The molecule has 0 aliphatic carbocycles. The first-order valence-electron chi connectivity index (χ1n) is 3.90. The normalized spacial score (nSPS) is 11.1. The summed E-state index contributed by atoms with van der Waals surface area (Å²) < 4.78 is 0. The molecule has 2 heteroatoms. The van der Waals surface area contributed by atoms with E-state index < -0.39 is 5.97 Å². The van der Waals surface area contributed by atoms with Crippen molar-refractivity contribution in [2.75, 3.05) is 0 Å². The van der Waals surface area contributed by atoms with Crippen molar-refractivity contribution < 1.29 is 9.90 Å². The number of allylic oxidation sites excluding steroid dienone is 2. The SMILES string of the molecule is [O]C(=O)C=C/C=C/c1ccccc1. The Labute approximate surface area is 76.8 Å². The van der Waals surface area contributed by atoms with Crippen molar-refractivity contribution in [3.63, 3.8) is 0 Å². The number of hydrogen-bond acceptors (Lipinski definition) is 1. The van der Waals surface area contributed by atoms with Gasteiger partial charge in [-0.2, -0.15) is 0 Å². The Bertz CT molecular complexity index is 323. The first-order valence-corrected chi connectivity index (χ1v) is 3.90. The van der Waals surface area contributed by atoms with Gasteiger partial charge in [0, 0.05) is 6.08 Å². The van der Waals surface area contributed by atoms with Crippen LogP contribution in [0.4, 0.5) is 0 Å². The van der Waals surface area contributed by atoms with Crippen molar-refractivity contribution in [2.45, 2.75) is 0 Å². The van der Waals surface area contributed by atoms with Gasteiger partial charge >= 0.3 is 5.97 Å². The molecular weight excluding hydrogens is 164 g/mol. The van der Waals surface area contributed by atoms with Crippen LogP contribution in [0.3, 0.4) is 0 Å². The molecule has 13 heavy (non-hydrogen) atoms. The van der Waals surface area contributed by atoms with Gasteiger partial charge in [-0.25, -0.2) is 9.90 Å². The average molecular weight is 173 g/mol. The lowest BCUT2D eigenvalue weighted by Gasteiger charge is -1.87. The Morgan fingerprint density at radius 2 is 1.77 bits per heavy atom. The fraction of sp³-hybridized carbons (Fsp3) is 0. The fourth-order valence-electron chi connectivity index (χ4n) is 0.865. The molecule has 1 aromatic rings. The van der Waals surface area contributed by atoms with Gasteiger partial charge < -0.3 is 0 Å². The van der Waals surface area contributed by atoms with Crippen LogP contribution in [0.5, 0.6) is 0 Å². The maximum Gasteiger partial charge on any atom is 0.379 e. The second kappa shape index (κ2) is 4.93. The standard InChI is InChI=1S/C11H9O2/c12-11(13)9-5-4-8-10-6-2-1-3-7-10/h1-9H/b8-4+,9-5?. The number of benzene rings is 1. The zero-order chi connectivity index (χ0) is 9.52. The summed E-state index contributed by atoms with van der Waals surface area (Å²) in [6.45, 7) is 0.